The Balaban J connectivity index is 2.26. The van der Waals surface area contributed by atoms with E-state index >= 15 is 0 Å². The lowest BCUT2D eigenvalue weighted by Crippen LogP contribution is -2.37. The SMILES string of the molecule is CCOc1ccc(S(=O)(=O)N(CC)CC(=O)Nc2cc(C(F)(F)F)cc(C(F)(F)F)c2)cc1. The molecule has 182 valence electrons. The quantitative estimate of drug-likeness (QED) is 0.532. The number of amides is 1. The second-order valence-electron chi connectivity index (χ2n) is 6.68. The van der Waals surface area contributed by atoms with Crippen LogP contribution >= 0.6 is 0 Å². The standard InChI is InChI=1S/C20H20F6N2O4S/c1-3-28(33(30,31)17-7-5-16(6-8-17)32-4-2)12-18(29)27-15-10-13(19(21,22)23)9-14(11-15)20(24,25)26/h5-11H,3-4,12H2,1-2H3,(H,27,29). The van der Waals surface area contributed by atoms with Gasteiger partial charge in [0, 0.05) is 12.2 Å². The van der Waals surface area contributed by atoms with E-state index in [4.69, 9.17) is 4.74 Å². The normalized spacial score (nSPS) is 12.6. The van der Waals surface area contributed by atoms with Gasteiger partial charge in [0.1, 0.15) is 5.75 Å². The van der Waals surface area contributed by atoms with E-state index in [1.807, 2.05) is 5.32 Å². The van der Waals surface area contributed by atoms with Crippen LogP contribution in [-0.2, 0) is 27.2 Å². The van der Waals surface area contributed by atoms with Crippen LogP contribution in [0.4, 0.5) is 32.0 Å². The van der Waals surface area contributed by atoms with E-state index in [2.05, 4.69) is 0 Å². The highest BCUT2D eigenvalue weighted by atomic mass is 32.2. The predicted octanol–water partition coefficient (Wildman–Crippen LogP) is 4.77. The first-order chi connectivity index (χ1) is 15.2. The monoisotopic (exact) mass is 498 g/mol. The van der Waals surface area contributed by atoms with Gasteiger partial charge in [0.15, 0.2) is 0 Å². The van der Waals surface area contributed by atoms with Gasteiger partial charge in [-0.25, -0.2) is 8.42 Å². The molecule has 1 amide bonds. The highest BCUT2D eigenvalue weighted by Gasteiger charge is 2.37. The molecule has 6 nitrogen and oxygen atoms in total. The number of halogens is 6. The van der Waals surface area contributed by atoms with Crippen LogP contribution in [0.3, 0.4) is 0 Å². The van der Waals surface area contributed by atoms with Crippen LogP contribution < -0.4 is 10.1 Å². The molecule has 0 heterocycles. The molecule has 0 fully saturated rings. The Morgan fingerprint density at radius 3 is 1.88 bits per heavy atom. The van der Waals surface area contributed by atoms with Gasteiger partial charge in [-0.2, -0.15) is 30.6 Å². The number of likely N-dealkylation sites (N-methyl/N-ethyl adjacent to an activating group) is 1. The van der Waals surface area contributed by atoms with Crippen molar-refractivity contribution in [1.29, 1.82) is 0 Å². The van der Waals surface area contributed by atoms with Crippen molar-refractivity contribution in [1.82, 2.24) is 4.31 Å². The first-order valence-corrected chi connectivity index (χ1v) is 10.9. The fourth-order valence-corrected chi connectivity index (χ4v) is 4.18. The molecule has 2 rings (SSSR count). The summed E-state index contributed by atoms with van der Waals surface area (Å²) in [6, 6.07) is 5.92. The van der Waals surface area contributed by atoms with Crippen LogP contribution in [0.25, 0.3) is 0 Å². The Kier molecular flexibility index (Phi) is 8.01. The molecule has 0 saturated carbocycles. The van der Waals surface area contributed by atoms with Gasteiger partial charge in [-0.3, -0.25) is 4.79 Å². The molecule has 0 radical (unpaired) electrons. The number of benzene rings is 2. The van der Waals surface area contributed by atoms with Crippen molar-refractivity contribution >= 4 is 21.6 Å². The Labute approximate surface area is 186 Å². The summed E-state index contributed by atoms with van der Waals surface area (Å²) >= 11 is 0. The molecule has 13 heteroatoms. The molecule has 2 aromatic rings. The molecule has 0 aliphatic carbocycles. The third-order valence-electron chi connectivity index (χ3n) is 4.32. The summed E-state index contributed by atoms with van der Waals surface area (Å²) in [5, 5.41) is 1.92. The molecule has 1 N–H and O–H groups in total. The number of carbonyl (C=O) groups excluding carboxylic acids is 1. The smallest absolute Gasteiger partial charge is 0.416 e. The van der Waals surface area contributed by atoms with Crippen LogP contribution in [0.15, 0.2) is 47.4 Å². The van der Waals surface area contributed by atoms with Gasteiger partial charge < -0.3 is 10.1 Å². The number of anilines is 1. The van der Waals surface area contributed by atoms with Crippen LogP contribution in [0.1, 0.15) is 25.0 Å². The number of nitrogens with one attached hydrogen (secondary N) is 1. The second-order valence-corrected chi connectivity index (χ2v) is 8.62. The Morgan fingerprint density at radius 2 is 1.45 bits per heavy atom. The molecule has 0 aliphatic heterocycles. The minimum atomic E-state index is -5.09. The summed E-state index contributed by atoms with van der Waals surface area (Å²) in [6.07, 6.45) is -10.2. The summed E-state index contributed by atoms with van der Waals surface area (Å²) in [5.41, 5.74) is -3.99. The first kappa shape index (κ1) is 26.5. The van der Waals surface area contributed by atoms with Gasteiger partial charge in [-0.05, 0) is 49.4 Å². The van der Waals surface area contributed by atoms with Crippen molar-refractivity contribution in [3.05, 3.63) is 53.6 Å². The van der Waals surface area contributed by atoms with Gasteiger partial charge in [0.2, 0.25) is 15.9 Å². The Morgan fingerprint density at radius 1 is 0.939 bits per heavy atom. The fourth-order valence-electron chi connectivity index (χ4n) is 2.78. The zero-order valence-corrected chi connectivity index (χ0v) is 18.2. The summed E-state index contributed by atoms with van der Waals surface area (Å²) in [4.78, 5) is 12.2. The predicted molar refractivity (Wildman–Crippen MR) is 107 cm³/mol. The lowest BCUT2D eigenvalue weighted by molar-refractivity contribution is -0.143. The van der Waals surface area contributed by atoms with Crippen molar-refractivity contribution in [3.8, 4) is 5.75 Å². The van der Waals surface area contributed by atoms with E-state index in [9.17, 15) is 39.6 Å². The summed E-state index contributed by atoms with van der Waals surface area (Å²) in [7, 11) is -4.18. The number of nitrogens with zero attached hydrogens (tertiary/aromatic N) is 1. The average molecular weight is 498 g/mol. The largest absolute Gasteiger partial charge is 0.494 e. The van der Waals surface area contributed by atoms with Crippen molar-refractivity contribution < 1.29 is 44.3 Å². The maximum atomic E-state index is 13.0. The van der Waals surface area contributed by atoms with Gasteiger partial charge >= 0.3 is 12.4 Å². The molecule has 0 unspecified atom stereocenters. The lowest BCUT2D eigenvalue weighted by Gasteiger charge is -2.21. The number of sulfonamides is 1. The maximum absolute atomic E-state index is 13.0. The number of hydrogen-bond donors (Lipinski definition) is 1. The van der Waals surface area contributed by atoms with Gasteiger partial charge in [0.25, 0.3) is 0 Å². The zero-order chi connectivity index (χ0) is 25.0. The average Bonchev–Trinajstić information content (AvgIpc) is 2.71. The van der Waals surface area contributed by atoms with Crippen molar-refractivity contribution in [2.45, 2.75) is 31.1 Å². The molecular weight excluding hydrogens is 478 g/mol. The van der Waals surface area contributed by atoms with Crippen LogP contribution in [-0.4, -0.2) is 38.3 Å². The minimum Gasteiger partial charge on any atom is -0.494 e. The van der Waals surface area contributed by atoms with Gasteiger partial charge in [-0.15, -0.1) is 0 Å². The van der Waals surface area contributed by atoms with Crippen molar-refractivity contribution in [2.24, 2.45) is 0 Å². The Bertz CT molecular complexity index is 1050. The third-order valence-corrected chi connectivity index (χ3v) is 6.25. The van der Waals surface area contributed by atoms with E-state index in [0.29, 0.717) is 24.5 Å². The molecule has 33 heavy (non-hydrogen) atoms. The fraction of sp³-hybridized carbons (Fsp3) is 0.350. The van der Waals surface area contributed by atoms with Crippen molar-refractivity contribution in [3.63, 3.8) is 0 Å². The number of hydrogen-bond acceptors (Lipinski definition) is 4. The summed E-state index contributed by atoms with van der Waals surface area (Å²) < 4.78 is 109. The minimum absolute atomic E-state index is 0.0790. The highest BCUT2D eigenvalue weighted by molar-refractivity contribution is 7.89. The molecule has 0 atom stereocenters. The van der Waals surface area contributed by atoms with Crippen molar-refractivity contribution in [2.75, 3.05) is 25.0 Å². The van der Waals surface area contributed by atoms with E-state index in [-0.39, 0.29) is 17.5 Å². The highest BCUT2D eigenvalue weighted by Crippen LogP contribution is 2.37. The zero-order valence-electron chi connectivity index (χ0n) is 17.4. The van der Waals surface area contributed by atoms with E-state index in [0.717, 1.165) is 4.31 Å². The lowest BCUT2D eigenvalue weighted by atomic mass is 10.1. The van der Waals surface area contributed by atoms with Crippen LogP contribution in [0.5, 0.6) is 5.75 Å². The number of carbonyl (C=O) groups is 1. The summed E-state index contributed by atoms with van der Waals surface area (Å²) in [6.45, 7) is 2.51. The molecular formula is C20H20F6N2O4S. The van der Waals surface area contributed by atoms with Gasteiger partial charge in [0.05, 0.1) is 29.2 Å². The van der Waals surface area contributed by atoms with Gasteiger partial charge in [-0.1, -0.05) is 6.92 Å². The summed E-state index contributed by atoms with van der Waals surface area (Å²) in [5.74, 6) is -0.693. The Hall–Kier alpha value is -2.80. The number of ether oxygens (including phenoxy) is 1. The molecule has 0 bridgehead atoms. The molecule has 0 aromatic heterocycles. The van der Waals surface area contributed by atoms with E-state index in [1.54, 1.807) is 6.92 Å². The number of rotatable bonds is 8. The van der Waals surface area contributed by atoms with Crippen LogP contribution in [0, 0.1) is 0 Å². The molecule has 2 aromatic carbocycles. The molecule has 0 aliphatic rings. The third kappa shape index (κ3) is 6.84. The molecule has 0 spiro atoms. The van der Waals surface area contributed by atoms with E-state index in [1.165, 1.54) is 31.2 Å². The second kappa shape index (κ2) is 10.00. The van der Waals surface area contributed by atoms with E-state index < -0.39 is 51.6 Å². The topological polar surface area (TPSA) is 75.7 Å². The molecule has 0 saturated heterocycles. The number of alkyl halides is 6. The maximum Gasteiger partial charge on any atom is 0.416 e. The first-order valence-electron chi connectivity index (χ1n) is 9.50. The van der Waals surface area contributed by atoms with Crippen LogP contribution in [0.2, 0.25) is 0 Å².